The first kappa shape index (κ1) is 17.2. The van der Waals surface area contributed by atoms with Gasteiger partial charge in [0.2, 0.25) is 0 Å². The van der Waals surface area contributed by atoms with Crippen molar-refractivity contribution in [1.29, 1.82) is 0 Å². The minimum atomic E-state index is -0.381. The Hall–Kier alpha value is -2.18. The fourth-order valence-electron chi connectivity index (χ4n) is 2.77. The van der Waals surface area contributed by atoms with Crippen molar-refractivity contribution in [3.63, 3.8) is 0 Å². The van der Waals surface area contributed by atoms with Gasteiger partial charge >= 0.3 is 0 Å². The van der Waals surface area contributed by atoms with E-state index in [4.69, 9.17) is 4.42 Å². The Morgan fingerprint density at radius 2 is 1.85 bits per heavy atom. The number of thioether (sulfide) groups is 2. The van der Waals surface area contributed by atoms with Gasteiger partial charge in [0, 0.05) is 17.2 Å². The van der Waals surface area contributed by atoms with Crippen molar-refractivity contribution in [2.75, 3.05) is 16.8 Å². The van der Waals surface area contributed by atoms with Crippen LogP contribution in [0.5, 0.6) is 0 Å². The summed E-state index contributed by atoms with van der Waals surface area (Å²) in [5.74, 6) is 2.05. The molecule has 3 nitrogen and oxygen atoms in total. The summed E-state index contributed by atoms with van der Waals surface area (Å²) in [6.07, 6.45) is 0. The highest BCUT2D eigenvalue weighted by Crippen LogP contribution is 2.45. The molecule has 1 aliphatic heterocycles. The third-order valence-corrected chi connectivity index (χ3v) is 7.11. The van der Waals surface area contributed by atoms with E-state index in [-0.39, 0.29) is 17.5 Å². The standard InChI is InChI=1S/C20H16FNO2S2/c21-16-7-2-1-6-15(16)17-8-9-18(24-17)19(23)22-14-5-3-4-13(12-14)20-25-10-11-26-20/h1-9,12,20H,10-11H2,(H,22,23). The van der Waals surface area contributed by atoms with Crippen molar-refractivity contribution in [3.8, 4) is 11.3 Å². The van der Waals surface area contributed by atoms with Gasteiger partial charge in [0.05, 0.1) is 10.1 Å². The first-order chi connectivity index (χ1) is 12.7. The van der Waals surface area contributed by atoms with Gasteiger partial charge in [-0.1, -0.05) is 24.3 Å². The molecule has 0 radical (unpaired) electrons. The summed E-state index contributed by atoms with van der Waals surface area (Å²) in [5, 5.41) is 2.86. The highest BCUT2D eigenvalue weighted by atomic mass is 32.2. The lowest BCUT2D eigenvalue weighted by atomic mass is 10.1. The minimum Gasteiger partial charge on any atom is -0.451 e. The van der Waals surface area contributed by atoms with Crippen molar-refractivity contribution < 1.29 is 13.6 Å². The topological polar surface area (TPSA) is 42.2 Å². The van der Waals surface area contributed by atoms with Crippen LogP contribution in [0.15, 0.2) is 65.1 Å². The Morgan fingerprint density at radius 3 is 2.65 bits per heavy atom. The first-order valence-corrected chi connectivity index (χ1v) is 10.3. The van der Waals surface area contributed by atoms with Gasteiger partial charge in [-0.2, -0.15) is 0 Å². The molecule has 26 heavy (non-hydrogen) atoms. The van der Waals surface area contributed by atoms with Crippen LogP contribution >= 0.6 is 23.5 Å². The van der Waals surface area contributed by atoms with Crippen molar-refractivity contribution >= 4 is 35.1 Å². The second-order valence-corrected chi connectivity index (χ2v) is 8.52. The lowest BCUT2D eigenvalue weighted by Gasteiger charge is -2.10. The van der Waals surface area contributed by atoms with E-state index in [2.05, 4.69) is 11.4 Å². The van der Waals surface area contributed by atoms with Gasteiger partial charge in [0.1, 0.15) is 11.6 Å². The molecule has 1 N–H and O–H groups in total. The van der Waals surface area contributed by atoms with Crippen LogP contribution in [0.3, 0.4) is 0 Å². The highest BCUT2D eigenvalue weighted by Gasteiger charge is 2.19. The third kappa shape index (κ3) is 3.66. The van der Waals surface area contributed by atoms with E-state index in [1.807, 2.05) is 41.7 Å². The number of anilines is 1. The van der Waals surface area contributed by atoms with E-state index in [0.717, 1.165) is 17.2 Å². The van der Waals surface area contributed by atoms with E-state index >= 15 is 0 Å². The SMILES string of the molecule is O=C(Nc1cccc(C2SCCS2)c1)c1ccc(-c2ccccc2F)o1. The van der Waals surface area contributed by atoms with Gasteiger partial charge in [-0.05, 0) is 42.0 Å². The number of halogens is 1. The summed E-state index contributed by atoms with van der Waals surface area (Å²) in [5.41, 5.74) is 2.26. The van der Waals surface area contributed by atoms with Crippen LogP contribution < -0.4 is 5.32 Å². The maximum Gasteiger partial charge on any atom is 0.291 e. The number of carbonyl (C=O) groups is 1. The number of hydrogen-bond donors (Lipinski definition) is 1. The summed E-state index contributed by atoms with van der Waals surface area (Å²) in [6.45, 7) is 0. The molecule has 0 bridgehead atoms. The van der Waals surface area contributed by atoms with Crippen LogP contribution in [-0.4, -0.2) is 17.4 Å². The summed E-state index contributed by atoms with van der Waals surface area (Å²) >= 11 is 3.84. The van der Waals surface area contributed by atoms with Crippen LogP contribution in [-0.2, 0) is 0 Å². The van der Waals surface area contributed by atoms with E-state index < -0.39 is 0 Å². The normalized spacial score (nSPS) is 14.5. The van der Waals surface area contributed by atoms with Gasteiger partial charge in [0.25, 0.3) is 5.91 Å². The Balaban J connectivity index is 1.51. The summed E-state index contributed by atoms with van der Waals surface area (Å²) in [4.78, 5) is 12.5. The molecular weight excluding hydrogens is 369 g/mol. The molecule has 0 atom stereocenters. The van der Waals surface area contributed by atoms with Gasteiger partial charge in [-0.15, -0.1) is 23.5 Å². The molecule has 1 amide bonds. The average Bonchev–Trinajstić information content (AvgIpc) is 3.35. The maximum absolute atomic E-state index is 13.9. The van der Waals surface area contributed by atoms with Crippen LogP contribution in [0, 0.1) is 5.82 Å². The number of carbonyl (C=O) groups excluding carboxylic acids is 1. The maximum atomic E-state index is 13.9. The molecule has 0 aliphatic carbocycles. The van der Waals surface area contributed by atoms with Gasteiger partial charge < -0.3 is 9.73 Å². The number of nitrogens with one attached hydrogen (secondary N) is 1. The molecule has 0 spiro atoms. The van der Waals surface area contributed by atoms with Crippen molar-refractivity contribution in [2.45, 2.75) is 4.58 Å². The quantitative estimate of drug-likeness (QED) is 0.615. The van der Waals surface area contributed by atoms with Crippen LogP contribution in [0.2, 0.25) is 0 Å². The molecule has 1 aliphatic rings. The molecule has 1 fully saturated rings. The number of amides is 1. The number of furan rings is 1. The molecular formula is C20H16FNO2S2. The average molecular weight is 385 g/mol. The largest absolute Gasteiger partial charge is 0.451 e. The molecule has 132 valence electrons. The monoisotopic (exact) mass is 385 g/mol. The zero-order valence-electron chi connectivity index (χ0n) is 13.8. The lowest BCUT2D eigenvalue weighted by Crippen LogP contribution is -2.11. The molecule has 1 saturated heterocycles. The second kappa shape index (κ2) is 7.60. The second-order valence-electron chi connectivity index (χ2n) is 5.80. The van der Waals surface area contributed by atoms with E-state index in [1.165, 1.54) is 11.6 Å². The number of rotatable bonds is 4. The molecule has 0 unspecified atom stereocenters. The van der Waals surface area contributed by atoms with E-state index in [0.29, 0.717) is 15.9 Å². The zero-order valence-corrected chi connectivity index (χ0v) is 15.4. The fourth-order valence-corrected chi connectivity index (χ4v) is 5.61. The Labute approximate surface area is 159 Å². The third-order valence-electron chi connectivity index (χ3n) is 4.01. The van der Waals surface area contributed by atoms with Gasteiger partial charge in [0.15, 0.2) is 5.76 Å². The molecule has 0 saturated carbocycles. The van der Waals surface area contributed by atoms with Crippen molar-refractivity contribution in [1.82, 2.24) is 0 Å². The van der Waals surface area contributed by atoms with E-state index in [1.54, 1.807) is 30.3 Å². The van der Waals surface area contributed by atoms with Crippen molar-refractivity contribution in [2.24, 2.45) is 0 Å². The predicted octanol–water partition coefficient (Wildman–Crippen LogP) is 5.82. The molecule has 2 heterocycles. The summed E-state index contributed by atoms with van der Waals surface area (Å²) in [6, 6.07) is 17.4. The summed E-state index contributed by atoms with van der Waals surface area (Å²) < 4.78 is 19.8. The molecule has 6 heteroatoms. The smallest absolute Gasteiger partial charge is 0.291 e. The van der Waals surface area contributed by atoms with Gasteiger partial charge in [-0.25, -0.2) is 4.39 Å². The molecule has 4 rings (SSSR count). The Kier molecular flexibility index (Phi) is 5.04. The van der Waals surface area contributed by atoms with E-state index in [9.17, 15) is 9.18 Å². The minimum absolute atomic E-state index is 0.151. The lowest BCUT2D eigenvalue weighted by molar-refractivity contribution is 0.0997. The molecule has 2 aromatic carbocycles. The van der Waals surface area contributed by atoms with Crippen LogP contribution in [0.25, 0.3) is 11.3 Å². The molecule has 1 aromatic heterocycles. The number of benzene rings is 2. The first-order valence-electron chi connectivity index (χ1n) is 8.20. The highest BCUT2D eigenvalue weighted by molar-refractivity contribution is 8.19. The van der Waals surface area contributed by atoms with Crippen LogP contribution in [0.1, 0.15) is 20.7 Å². The van der Waals surface area contributed by atoms with Gasteiger partial charge in [-0.3, -0.25) is 4.79 Å². The number of hydrogen-bond acceptors (Lipinski definition) is 4. The van der Waals surface area contributed by atoms with Crippen molar-refractivity contribution in [3.05, 3.63) is 77.8 Å². The molecule has 3 aromatic rings. The van der Waals surface area contributed by atoms with Crippen LogP contribution in [0.4, 0.5) is 10.1 Å². The predicted molar refractivity (Wildman–Crippen MR) is 106 cm³/mol. The zero-order chi connectivity index (χ0) is 17.9. The Morgan fingerprint density at radius 1 is 1.04 bits per heavy atom. The summed E-state index contributed by atoms with van der Waals surface area (Å²) in [7, 11) is 0. The fraction of sp³-hybridized carbons (Fsp3) is 0.150. The Bertz CT molecular complexity index is 935.